The molecule has 2 aromatic carbocycles. The number of rotatable bonds is 6. The van der Waals surface area contributed by atoms with Crippen molar-refractivity contribution >= 4 is 30.6 Å². The summed E-state index contributed by atoms with van der Waals surface area (Å²) in [5.41, 5.74) is -0.644. The topological polar surface area (TPSA) is 64.6 Å². The maximum Gasteiger partial charge on any atom is 0.408 e. The third-order valence-corrected chi connectivity index (χ3v) is 6.25. The summed E-state index contributed by atoms with van der Waals surface area (Å²) in [6, 6.07) is 19.2. The van der Waals surface area contributed by atoms with Gasteiger partial charge >= 0.3 is 12.1 Å². The van der Waals surface area contributed by atoms with Crippen molar-refractivity contribution in [1.82, 2.24) is 5.32 Å². The molecule has 2 rings (SSSR count). The van der Waals surface area contributed by atoms with Gasteiger partial charge in [-0.2, -0.15) is 0 Å². The molecule has 144 valence electrons. The number of methoxy groups -OCH3 is 1. The molecule has 0 aliphatic heterocycles. The van der Waals surface area contributed by atoms with Crippen LogP contribution in [0.3, 0.4) is 0 Å². The van der Waals surface area contributed by atoms with Crippen LogP contribution in [-0.4, -0.2) is 37.0 Å². The second-order valence-corrected chi connectivity index (χ2v) is 9.26. The molecule has 0 aromatic heterocycles. The van der Waals surface area contributed by atoms with Gasteiger partial charge in [-0.1, -0.05) is 60.7 Å². The summed E-state index contributed by atoms with van der Waals surface area (Å²) in [6.07, 6.45) is -0.205. The molecule has 5 nitrogen and oxygen atoms in total. The first-order valence-electron chi connectivity index (χ1n) is 8.75. The molecular weight excluding hydrogens is 361 g/mol. The van der Waals surface area contributed by atoms with E-state index < -0.39 is 31.6 Å². The van der Waals surface area contributed by atoms with Gasteiger partial charge in [0.1, 0.15) is 11.6 Å². The summed E-state index contributed by atoms with van der Waals surface area (Å²) in [5.74, 6) is -0.486. The Bertz CT molecular complexity index is 704. The van der Waals surface area contributed by atoms with Crippen molar-refractivity contribution in [2.24, 2.45) is 0 Å². The fraction of sp³-hybridized carbons (Fsp3) is 0.333. The van der Waals surface area contributed by atoms with E-state index >= 15 is 0 Å². The Labute approximate surface area is 161 Å². The van der Waals surface area contributed by atoms with Gasteiger partial charge in [0.15, 0.2) is 0 Å². The number of esters is 1. The number of carbonyl (C=O) groups excluding carboxylic acids is 2. The quantitative estimate of drug-likeness (QED) is 0.611. The second-order valence-electron chi connectivity index (χ2n) is 7.00. The molecule has 1 atom stereocenters. The fourth-order valence-corrected chi connectivity index (χ4v) is 4.92. The van der Waals surface area contributed by atoms with Crippen LogP contribution in [0.4, 0.5) is 4.79 Å². The highest BCUT2D eigenvalue weighted by molar-refractivity contribution is 7.73. The highest BCUT2D eigenvalue weighted by Gasteiger charge is 2.29. The average Bonchev–Trinajstić information content (AvgIpc) is 2.64. The van der Waals surface area contributed by atoms with E-state index in [2.05, 4.69) is 5.32 Å². The molecule has 0 bridgehead atoms. The van der Waals surface area contributed by atoms with Crippen LogP contribution in [0.2, 0.25) is 0 Å². The minimum Gasteiger partial charge on any atom is -0.467 e. The fourth-order valence-electron chi connectivity index (χ4n) is 2.53. The van der Waals surface area contributed by atoms with E-state index in [9.17, 15) is 9.59 Å². The number of ether oxygens (including phenoxy) is 2. The highest BCUT2D eigenvalue weighted by atomic mass is 31.1. The molecule has 0 aliphatic rings. The number of nitrogens with one attached hydrogen (secondary N) is 1. The van der Waals surface area contributed by atoms with E-state index in [0.29, 0.717) is 6.16 Å². The van der Waals surface area contributed by atoms with Gasteiger partial charge in [-0.3, -0.25) is 0 Å². The van der Waals surface area contributed by atoms with E-state index in [0.717, 1.165) is 10.6 Å². The summed E-state index contributed by atoms with van der Waals surface area (Å²) >= 11 is 0. The number of benzene rings is 2. The number of alkyl carbamates (subject to hydrolysis) is 1. The zero-order valence-electron chi connectivity index (χ0n) is 16.1. The molecule has 0 saturated carbocycles. The Morgan fingerprint density at radius 2 is 1.44 bits per heavy atom. The molecule has 0 heterocycles. The SMILES string of the molecule is COC(=O)[C@H](CP(c1ccccc1)c1ccccc1)NC(=O)OC(C)(C)C. The Kier molecular flexibility index (Phi) is 7.37. The van der Waals surface area contributed by atoms with Crippen molar-refractivity contribution in [2.75, 3.05) is 13.3 Å². The van der Waals surface area contributed by atoms with Gasteiger partial charge in [0.25, 0.3) is 0 Å². The van der Waals surface area contributed by atoms with E-state index in [1.54, 1.807) is 20.8 Å². The van der Waals surface area contributed by atoms with Crippen molar-refractivity contribution in [3.8, 4) is 0 Å². The molecular formula is C21H26NO4P. The summed E-state index contributed by atoms with van der Waals surface area (Å²) in [4.78, 5) is 24.5. The maximum absolute atomic E-state index is 12.3. The van der Waals surface area contributed by atoms with Crippen LogP contribution < -0.4 is 15.9 Å². The molecule has 6 heteroatoms. The first kappa shape index (κ1) is 20.9. The van der Waals surface area contributed by atoms with Crippen molar-refractivity contribution in [2.45, 2.75) is 32.4 Å². The summed E-state index contributed by atoms with van der Waals surface area (Å²) in [7, 11) is 0.456. The molecule has 0 aliphatic carbocycles. The van der Waals surface area contributed by atoms with E-state index in [1.807, 2.05) is 60.7 Å². The predicted octanol–water partition coefficient (Wildman–Crippen LogP) is 3.19. The zero-order chi connectivity index (χ0) is 19.9. The third-order valence-electron chi connectivity index (χ3n) is 3.68. The molecule has 1 N–H and O–H groups in total. The van der Waals surface area contributed by atoms with Crippen molar-refractivity contribution in [3.63, 3.8) is 0 Å². The standard InChI is InChI=1S/C21H26NO4P/c1-21(2,3)26-20(24)22-18(19(23)25-4)15-27(16-11-7-5-8-12-16)17-13-9-6-10-14-17/h5-14,18H,15H2,1-4H3,(H,22,24)/t18-/m0/s1. The van der Waals surface area contributed by atoms with Gasteiger partial charge in [0.2, 0.25) is 0 Å². The molecule has 0 unspecified atom stereocenters. The van der Waals surface area contributed by atoms with Gasteiger partial charge in [0.05, 0.1) is 7.11 Å². The zero-order valence-corrected chi connectivity index (χ0v) is 17.0. The van der Waals surface area contributed by atoms with Gasteiger partial charge in [-0.05, 0) is 39.3 Å². The van der Waals surface area contributed by atoms with Crippen LogP contribution in [0.1, 0.15) is 20.8 Å². The minimum absolute atomic E-state index is 0.426. The van der Waals surface area contributed by atoms with Crippen molar-refractivity contribution in [3.05, 3.63) is 60.7 Å². The van der Waals surface area contributed by atoms with E-state index in [4.69, 9.17) is 9.47 Å². The molecule has 0 fully saturated rings. The smallest absolute Gasteiger partial charge is 0.408 e. The summed E-state index contributed by atoms with van der Waals surface area (Å²) in [5, 5.41) is 4.92. The Balaban J connectivity index is 2.27. The Hall–Kier alpha value is -2.39. The normalized spacial score (nSPS) is 12.3. The Morgan fingerprint density at radius 3 is 1.85 bits per heavy atom. The van der Waals surface area contributed by atoms with Gasteiger partial charge in [-0.15, -0.1) is 0 Å². The highest BCUT2D eigenvalue weighted by Crippen LogP contribution is 2.34. The summed E-state index contributed by atoms with van der Waals surface area (Å²) < 4.78 is 10.2. The van der Waals surface area contributed by atoms with Crippen molar-refractivity contribution < 1.29 is 19.1 Å². The number of amides is 1. The average molecular weight is 387 g/mol. The maximum atomic E-state index is 12.3. The molecule has 1 amide bonds. The number of hydrogen-bond donors (Lipinski definition) is 1. The van der Waals surface area contributed by atoms with E-state index in [-0.39, 0.29) is 0 Å². The molecule has 2 aromatic rings. The third kappa shape index (κ3) is 6.69. The second kappa shape index (κ2) is 9.52. The van der Waals surface area contributed by atoms with Crippen LogP contribution in [0, 0.1) is 0 Å². The van der Waals surface area contributed by atoms with Crippen LogP contribution in [0.15, 0.2) is 60.7 Å². The predicted molar refractivity (Wildman–Crippen MR) is 109 cm³/mol. The largest absolute Gasteiger partial charge is 0.467 e. The van der Waals surface area contributed by atoms with E-state index in [1.165, 1.54) is 7.11 Å². The van der Waals surface area contributed by atoms with Gasteiger partial charge in [0, 0.05) is 6.16 Å². The Morgan fingerprint density at radius 1 is 0.963 bits per heavy atom. The lowest BCUT2D eigenvalue weighted by atomic mass is 10.2. The minimum atomic E-state index is -0.863. The van der Waals surface area contributed by atoms with Crippen LogP contribution >= 0.6 is 7.92 Å². The van der Waals surface area contributed by atoms with Crippen LogP contribution in [-0.2, 0) is 14.3 Å². The first-order valence-corrected chi connectivity index (χ1v) is 10.3. The van der Waals surface area contributed by atoms with Crippen molar-refractivity contribution in [1.29, 1.82) is 0 Å². The summed E-state index contributed by atoms with van der Waals surface area (Å²) in [6.45, 7) is 5.33. The number of carbonyl (C=O) groups is 2. The van der Waals surface area contributed by atoms with Crippen LogP contribution in [0.5, 0.6) is 0 Å². The molecule has 0 spiro atoms. The van der Waals surface area contributed by atoms with Crippen LogP contribution in [0.25, 0.3) is 0 Å². The molecule has 27 heavy (non-hydrogen) atoms. The van der Waals surface area contributed by atoms with Gasteiger partial charge in [-0.25, -0.2) is 9.59 Å². The van der Waals surface area contributed by atoms with Gasteiger partial charge < -0.3 is 14.8 Å². The first-order chi connectivity index (χ1) is 12.8. The molecule has 0 saturated heterocycles. The molecule has 0 radical (unpaired) electrons. The number of hydrogen-bond acceptors (Lipinski definition) is 4. The monoisotopic (exact) mass is 387 g/mol. The lowest BCUT2D eigenvalue weighted by molar-refractivity contribution is -0.142. The lowest BCUT2D eigenvalue weighted by Crippen LogP contribution is -2.46. The lowest BCUT2D eigenvalue weighted by Gasteiger charge is -2.26.